The second-order valence-electron chi connectivity index (χ2n) is 14.1. The predicted octanol–water partition coefficient (Wildman–Crippen LogP) is 13.0. The Hall–Kier alpha value is -6.66. The molecule has 0 saturated carbocycles. The molecular weight excluding hydrogens is 673 g/mol. The largest absolute Gasteiger partial charge is 0.519 e. The van der Waals surface area contributed by atoms with Gasteiger partial charge in [-0.25, -0.2) is 9.59 Å². The highest BCUT2D eigenvalue weighted by molar-refractivity contribution is 6.27. The number of carbonyl (C=O) groups excluding carboxylic acids is 2. The van der Waals surface area contributed by atoms with E-state index in [1.165, 1.54) is 0 Å². The van der Waals surface area contributed by atoms with Crippen molar-refractivity contribution in [1.29, 1.82) is 0 Å². The van der Waals surface area contributed by atoms with Crippen molar-refractivity contribution in [2.75, 3.05) is 0 Å². The van der Waals surface area contributed by atoms with E-state index in [1.807, 2.05) is 88.4 Å². The van der Waals surface area contributed by atoms with Crippen molar-refractivity contribution in [3.63, 3.8) is 0 Å². The number of rotatable bonds is 5. The number of hydrogen-bond donors (Lipinski definition) is 0. The van der Waals surface area contributed by atoms with Crippen LogP contribution in [0.1, 0.15) is 33.4 Å². The second kappa shape index (κ2) is 13.7. The lowest BCUT2D eigenvalue weighted by Crippen LogP contribution is -2.14. The second-order valence-corrected chi connectivity index (χ2v) is 14.1. The zero-order chi connectivity index (χ0) is 37.7. The fourth-order valence-corrected chi connectivity index (χ4v) is 7.21. The first-order chi connectivity index (χ1) is 26.0. The molecule has 0 fully saturated rings. The third-order valence-electron chi connectivity index (χ3n) is 9.82. The standard InChI is InChI=1S/C48H38O6/c1-27-7-15-33(16-8-27)51-47(49)53-45-37-21-13-29(3)23-39(37)43(35-19-11-31(5)25-41(35)45)44-36-20-12-32(6)26-42(36)46(38-22-14-30(4)24-40(38)44)54-48(50)52-34-17-9-28(2)10-18-34/h7-26H,1-6H3. The number of ether oxygens (including phenoxy) is 4. The van der Waals surface area contributed by atoms with Gasteiger partial charge >= 0.3 is 12.3 Å². The Morgan fingerprint density at radius 3 is 0.963 bits per heavy atom. The summed E-state index contributed by atoms with van der Waals surface area (Å²) in [6.07, 6.45) is -1.64. The Morgan fingerprint density at radius 2 is 0.611 bits per heavy atom. The lowest BCUT2D eigenvalue weighted by Gasteiger charge is -2.22. The monoisotopic (exact) mass is 710 g/mol. The number of hydrogen-bond acceptors (Lipinski definition) is 6. The maximum atomic E-state index is 13.4. The molecule has 0 heterocycles. The van der Waals surface area contributed by atoms with Gasteiger partial charge in [-0.1, -0.05) is 118 Å². The molecule has 0 aliphatic carbocycles. The molecule has 6 heteroatoms. The van der Waals surface area contributed by atoms with Gasteiger partial charge in [0.15, 0.2) is 0 Å². The van der Waals surface area contributed by atoms with E-state index in [1.54, 1.807) is 24.3 Å². The maximum absolute atomic E-state index is 13.4. The first kappa shape index (κ1) is 34.4. The first-order valence-corrected chi connectivity index (χ1v) is 17.9. The van der Waals surface area contributed by atoms with Gasteiger partial charge in [0.05, 0.1) is 0 Å². The summed E-state index contributed by atoms with van der Waals surface area (Å²) < 4.78 is 23.6. The topological polar surface area (TPSA) is 71.1 Å². The van der Waals surface area contributed by atoms with E-state index in [0.29, 0.717) is 23.0 Å². The van der Waals surface area contributed by atoms with Crippen LogP contribution < -0.4 is 18.9 Å². The molecule has 0 radical (unpaired) electrons. The average molecular weight is 711 g/mol. The molecule has 0 unspecified atom stereocenters. The maximum Gasteiger partial charge on any atom is 0.519 e. The van der Waals surface area contributed by atoms with Crippen LogP contribution in [0.3, 0.4) is 0 Å². The van der Waals surface area contributed by atoms with Crippen LogP contribution in [0.15, 0.2) is 121 Å². The normalized spacial score (nSPS) is 11.3. The number of benzene rings is 8. The zero-order valence-electron chi connectivity index (χ0n) is 31.0. The summed E-state index contributed by atoms with van der Waals surface area (Å²) in [6.45, 7) is 12.1. The molecule has 6 nitrogen and oxygen atoms in total. The van der Waals surface area contributed by atoms with Crippen LogP contribution in [0.4, 0.5) is 9.59 Å². The van der Waals surface area contributed by atoms with Crippen LogP contribution in [0, 0.1) is 41.5 Å². The van der Waals surface area contributed by atoms with E-state index in [2.05, 4.69) is 50.2 Å². The molecule has 0 N–H and O–H groups in total. The van der Waals surface area contributed by atoms with Crippen LogP contribution in [0.5, 0.6) is 23.0 Å². The Morgan fingerprint density at radius 1 is 0.315 bits per heavy atom. The molecule has 0 aromatic heterocycles. The van der Waals surface area contributed by atoms with E-state index in [9.17, 15) is 9.59 Å². The Kier molecular flexibility index (Phi) is 8.74. The lowest BCUT2D eigenvalue weighted by atomic mass is 9.84. The highest BCUT2D eigenvalue weighted by atomic mass is 16.7. The smallest absolute Gasteiger partial charge is 0.395 e. The van der Waals surface area contributed by atoms with Gasteiger partial charge in [-0.15, -0.1) is 0 Å². The fraction of sp³-hybridized carbons (Fsp3) is 0.125. The van der Waals surface area contributed by atoms with Crippen LogP contribution in [-0.4, -0.2) is 12.3 Å². The minimum absolute atomic E-state index is 0.400. The highest BCUT2D eigenvalue weighted by Crippen LogP contribution is 2.50. The molecule has 0 aliphatic heterocycles. The van der Waals surface area contributed by atoms with Gasteiger partial charge in [0.25, 0.3) is 0 Å². The summed E-state index contributed by atoms with van der Waals surface area (Å²) in [4.78, 5) is 26.9. The van der Waals surface area contributed by atoms with Crippen LogP contribution in [-0.2, 0) is 0 Å². The number of carbonyl (C=O) groups is 2. The zero-order valence-corrected chi connectivity index (χ0v) is 31.0. The van der Waals surface area contributed by atoms with Crippen molar-refractivity contribution in [1.82, 2.24) is 0 Å². The molecule has 266 valence electrons. The first-order valence-electron chi connectivity index (χ1n) is 17.9. The summed E-state index contributed by atoms with van der Waals surface area (Å²) in [5, 5.41) is 6.66. The summed E-state index contributed by atoms with van der Waals surface area (Å²) in [5.74, 6) is 1.64. The van der Waals surface area contributed by atoms with Gasteiger partial charge in [-0.05, 0) is 111 Å². The van der Waals surface area contributed by atoms with E-state index >= 15 is 0 Å². The third kappa shape index (κ3) is 6.47. The van der Waals surface area contributed by atoms with Crippen molar-refractivity contribution in [3.8, 4) is 34.1 Å². The summed E-state index contributed by atoms with van der Waals surface area (Å²) >= 11 is 0. The van der Waals surface area contributed by atoms with E-state index < -0.39 is 12.3 Å². The Labute approximate surface area is 313 Å². The minimum atomic E-state index is -0.822. The minimum Gasteiger partial charge on any atom is -0.395 e. The summed E-state index contributed by atoms with van der Waals surface area (Å²) in [6, 6.07) is 39.3. The average Bonchev–Trinajstić information content (AvgIpc) is 3.14. The Balaban J connectivity index is 1.39. The molecular formula is C48H38O6. The molecule has 54 heavy (non-hydrogen) atoms. The number of aryl methyl sites for hydroxylation is 6. The van der Waals surface area contributed by atoms with Gasteiger partial charge < -0.3 is 18.9 Å². The molecule has 0 bridgehead atoms. The van der Waals surface area contributed by atoms with Gasteiger partial charge in [-0.3, -0.25) is 0 Å². The molecule has 0 aliphatic rings. The van der Waals surface area contributed by atoms with Crippen molar-refractivity contribution >= 4 is 55.4 Å². The van der Waals surface area contributed by atoms with Crippen LogP contribution in [0.2, 0.25) is 0 Å². The van der Waals surface area contributed by atoms with Crippen molar-refractivity contribution in [3.05, 3.63) is 155 Å². The van der Waals surface area contributed by atoms with Crippen molar-refractivity contribution in [2.45, 2.75) is 41.5 Å². The lowest BCUT2D eigenvalue weighted by molar-refractivity contribution is 0.152. The molecule has 0 saturated heterocycles. The Bertz CT molecular complexity index is 2600. The van der Waals surface area contributed by atoms with Gasteiger partial charge in [0, 0.05) is 21.5 Å². The molecule has 8 aromatic rings. The molecule has 0 amide bonds. The fourth-order valence-electron chi connectivity index (χ4n) is 7.21. The van der Waals surface area contributed by atoms with Gasteiger partial charge in [-0.2, -0.15) is 0 Å². The quantitative estimate of drug-likeness (QED) is 0.101. The molecule has 8 rings (SSSR count). The molecule has 8 aromatic carbocycles. The summed E-state index contributed by atoms with van der Waals surface area (Å²) in [7, 11) is 0. The van der Waals surface area contributed by atoms with E-state index in [-0.39, 0.29) is 0 Å². The van der Waals surface area contributed by atoms with Crippen molar-refractivity contribution < 1.29 is 28.5 Å². The highest BCUT2D eigenvalue weighted by Gasteiger charge is 2.25. The van der Waals surface area contributed by atoms with Gasteiger partial charge in [0.2, 0.25) is 0 Å². The molecule has 0 spiro atoms. The van der Waals surface area contributed by atoms with Gasteiger partial charge in [0.1, 0.15) is 23.0 Å². The van der Waals surface area contributed by atoms with E-state index in [4.69, 9.17) is 18.9 Å². The van der Waals surface area contributed by atoms with Crippen LogP contribution >= 0.6 is 0 Å². The SMILES string of the molecule is Cc1ccc(OC(=O)Oc2c3cc(C)ccc3c(-c3c4ccc(C)cc4c(OC(=O)Oc4ccc(C)cc4)c4ccc(C)cc34)c3cc(C)ccc23)cc1. The van der Waals surface area contributed by atoms with Crippen LogP contribution in [0.25, 0.3) is 54.2 Å². The van der Waals surface area contributed by atoms with Crippen molar-refractivity contribution in [2.24, 2.45) is 0 Å². The number of fused-ring (bicyclic) bond motifs is 4. The molecule has 0 atom stereocenters. The third-order valence-corrected chi connectivity index (χ3v) is 9.82. The van der Waals surface area contributed by atoms with E-state index in [0.717, 1.165) is 87.6 Å². The summed E-state index contributed by atoms with van der Waals surface area (Å²) in [5.41, 5.74) is 8.16. The predicted molar refractivity (Wildman–Crippen MR) is 217 cm³/mol.